The number of alkyl halides is 3. The monoisotopic (exact) mass is 425 g/mol. The van der Waals surface area contributed by atoms with Crippen molar-refractivity contribution in [3.63, 3.8) is 0 Å². The second-order valence-corrected chi connectivity index (χ2v) is 7.69. The van der Waals surface area contributed by atoms with Gasteiger partial charge >= 0.3 is 12.3 Å². The van der Waals surface area contributed by atoms with Crippen LogP contribution in [-0.2, 0) is 14.3 Å². The van der Waals surface area contributed by atoms with E-state index in [-0.39, 0.29) is 25.8 Å². The molecule has 168 valence electrons. The lowest BCUT2D eigenvalue weighted by molar-refractivity contribution is -0.253. The van der Waals surface area contributed by atoms with E-state index in [0.29, 0.717) is 0 Å². The summed E-state index contributed by atoms with van der Waals surface area (Å²) >= 11 is 0. The third-order valence-corrected chi connectivity index (χ3v) is 5.76. The van der Waals surface area contributed by atoms with Crippen LogP contribution in [0.5, 0.6) is 0 Å². The molecule has 1 rings (SSSR count). The number of likely N-dealkylation sites (tertiary alicyclic amines) is 1. The lowest BCUT2D eigenvalue weighted by Gasteiger charge is -2.53. The summed E-state index contributed by atoms with van der Waals surface area (Å²) in [5.74, 6) is -3.84. The SMILES string of the molecule is CCCC(=O)[C@](C(C)C)([C@@H](O)C(F)(F)F)N1CCC(C)[C@@]1(NC(=O)OC)C(N)=O. The predicted molar refractivity (Wildman–Crippen MR) is 97.5 cm³/mol. The van der Waals surface area contributed by atoms with Crippen molar-refractivity contribution in [2.24, 2.45) is 17.6 Å². The first-order chi connectivity index (χ1) is 13.2. The lowest BCUT2D eigenvalue weighted by atomic mass is 9.72. The fourth-order valence-corrected chi connectivity index (χ4v) is 4.36. The smallest absolute Gasteiger partial charge is 0.416 e. The number of hydrogen-bond acceptors (Lipinski definition) is 6. The molecule has 1 heterocycles. The second-order valence-electron chi connectivity index (χ2n) is 7.69. The number of carbonyl (C=O) groups is 3. The highest BCUT2D eigenvalue weighted by molar-refractivity contribution is 5.94. The Morgan fingerprint density at radius 3 is 2.28 bits per heavy atom. The average molecular weight is 425 g/mol. The van der Waals surface area contributed by atoms with E-state index in [2.05, 4.69) is 10.1 Å². The number of Topliss-reactive ketones (excluding diaryl/α,β-unsaturated/α-hetero) is 1. The Bertz CT molecular complexity index is 643. The van der Waals surface area contributed by atoms with Gasteiger partial charge in [0, 0.05) is 18.9 Å². The number of nitrogens with two attached hydrogens (primary N) is 1. The van der Waals surface area contributed by atoms with Gasteiger partial charge in [-0.25, -0.2) is 4.79 Å². The molecule has 1 saturated heterocycles. The summed E-state index contributed by atoms with van der Waals surface area (Å²) in [5, 5.41) is 12.7. The number of amides is 2. The summed E-state index contributed by atoms with van der Waals surface area (Å²) in [4.78, 5) is 38.6. The summed E-state index contributed by atoms with van der Waals surface area (Å²) in [6, 6.07) is 0. The highest BCUT2D eigenvalue weighted by Gasteiger charge is 2.68. The van der Waals surface area contributed by atoms with Gasteiger partial charge in [0.25, 0.3) is 5.91 Å². The molecular weight excluding hydrogens is 395 g/mol. The van der Waals surface area contributed by atoms with E-state index >= 15 is 0 Å². The minimum atomic E-state index is -5.16. The number of rotatable bonds is 8. The van der Waals surface area contributed by atoms with Gasteiger partial charge < -0.3 is 15.6 Å². The van der Waals surface area contributed by atoms with Crippen LogP contribution in [0.25, 0.3) is 0 Å². The number of ketones is 1. The van der Waals surface area contributed by atoms with E-state index in [9.17, 15) is 32.7 Å². The van der Waals surface area contributed by atoms with Gasteiger partial charge in [-0.05, 0) is 18.8 Å². The molecule has 8 nitrogen and oxygen atoms in total. The highest BCUT2D eigenvalue weighted by Crippen LogP contribution is 2.47. The van der Waals surface area contributed by atoms with Crippen molar-refractivity contribution in [3.8, 4) is 0 Å². The van der Waals surface area contributed by atoms with Crippen molar-refractivity contribution < 1.29 is 37.4 Å². The van der Waals surface area contributed by atoms with Gasteiger partial charge in [0.15, 0.2) is 17.6 Å². The number of halogens is 3. The van der Waals surface area contributed by atoms with Gasteiger partial charge in [0.1, 0.15) is 5.54 Å². The Labute approximate surface area is 167 Å². The topological polar surface area (TPSA) is 122 Å². The van der Waals surface area contributed by atoms with Crippen LogP contribution in [0.2, 0.25) is 0 Å². The zero-order valence-corrected chi connectivity index (χ0v) is 17.3. The van der Waals surface area contributed by atoms with Crippen LogP contribution >= 0.6 is 0 Å². The van der Waals surface area contributed by atoms with Crippen molar-refractivity contribution in [1.82, 2.24) is 10.2 Å². The fraction of sp³-hybridized carbons (Fsp3) is 0.833. The van der Waals surface area contributed by atoms with E-state index in [4.69, 9.17) is 5.73 Å². The number of nitrogens with zero attached hydrogens (tertiary/aromatic N) is 1. The first kappa shape index (κ1) is 25.2. The van der Waals surface area contributed by atoms with Crippen LogP contribution in [0.1, 0.15) is 47.0 Å². The van der Waals surface area contributed by atoms with Crippen LogP contribution in [0.3, 0.4) is 0 Å². The van der Waals surface area contributed by atoms with Gasteiger partial charge in [-0.1, -0.05) is 27.7 Å². The molecule has 4 atom stereocenters. The highest BCUT2D eigenvalue weighted by atomic mass is 19.4. The number of nitrogens with one attached hydrogen (secondary N) is 1. The molecule has 1 aliphatic heterocycles. The Morgan fingerprint density at radius 1 is 1.34 bits per heavy atom. The molecule has 0 aromatic heterocycles. The Balaban J connectivity index is 3.87. The molecule has 0 bridgehead atoms. The van der Waals surface area contributed by atoms with Crippen molar-refractivity contribution in [3.05, 3.63) is 0 Å². The minimum absolute atomic E-state index is 0.158. The quantitative estimate of drug-likeness (QED) is 0.543. The predicted octanol–water partition coefficient (Wildman–Crippen LogP) is 1.55. The molecule has 1 fully saturated rings. The standard InChI is InChI=1S/C18H30F3N3O5/c1-6-7-12(25)16(10(2)3,13(26)18(19,20)21)24-9-8-11(4)17(24,14(22)27)23-15(28)29-5/h10-11,13,26H,6-9H2,1-5H3,(H2,22,27)(H,23,28)/t11?,13-,16-,17+/m1/s1. The second kappa shape index (κ2) is 8.86. The Morgan fingerprint density at radius 2 is 1.90 bits per heavy atom. The molecule has 1 unspecified atom stereocenters. The lowest BCUT2D eigenvalue weighted by Crippen LogP contribution is -2.79. The number of carbonyl (C=O) groups excluding carboxylic acids is 3. The van der Waals surface area contributed by atoms with E-state index in [0.717, 1.165) is 12.0 Å². The Hall–Kier alpha value is -1.88. The van der Waals surface area contributed by atoms with Crippen LogP contribution in [-0.4, -0.2) is 64.9 Å². The molecule has 0 saturated carbocycles. The molecule has 0 aromatic carbocycles. The molecule has 2 amide bonds. The van der Waals surface area contributed by atoms with Crippen molar-refractivity contribution in [2.45, 2.75) is 70.4 Å². The van der Waals surface area contributed by atoms with Gasteiger partial charge in [0.2, 0.25) is 0 Å². The summed E-state index contributed by atoms with van der Waals surface area (Å²) in [6.45, 7) is 5.68. The number of methoxy groups -OCH3 is 1. The van der Waals surface area contributed by atoms with E-state index in [1.807, 2.05) is 0 Å². The molecule has 0 spiro atoms. The largest absolute Gasteiger partial charge is 0.453 e. The third-order valence-electron chi connectivity index (χ3n) is 5.76. The van der Waals surface area contributed by atoms with Crippen molar-refractivity contribution in [2.75, 3.05) is 13.7 Å². The molecule has 0 aliphatic carbocycles. The summed E-state index contributed by atoms with van der Waals surface area (Å²) in [6.07, 6.45) is -9.22. The zero-order chi connectivity index (χ0) is 22.8. The molecular formula is C18H30F3N3O5. The number of hydrogen-bond donors (Lipinski definition) is 3. The third kappa shape index (κ3) is 4.07. The maximum absolute atomic E-state index is 13.8. The van der Waals surface area contributed by atoms with Crippen LogP contribution in [0, 0.1) is 11.8 Å². The molecule has 1 aliphatic rings. The van der Waals surface area contributed by atoms with Crippen molar-refractivity contribution in [1.29, 1.82) is 0 Å². The summed E-state index contributed by atoms with van der Waals surface area (Å²) in [7, 11) is 1.02. The molecule has 4 N–H and O–H groups in total. The number of aliphatic hydroxyl groups excluding tert-OH is 1. The van der Waals surface area contributed by atoms with Crippen LogP contribution in [0.15, 0.2) is 0 Å². The number of primary amides is 1. The normalized spacial score (nSPS) is 26.1. The van der Waals surface area contributed by atoms with E-state index < -0.39 is 53.1 Å². The van der Waals surface area contributed by atoms with Gasteiger partial charge in [-0.2, -0.15) is 13.2 Å². The number of ether oxygens (including phenoxy) is 1. The summed E-state index contributed by atoms with van der Waals surface area (Å²) < 4.78 is 45.9. The van der Waals surface area contributed by atoms with Crippen molar-refractivity contribution >= 4 is 17.8 Å². The van der Waals surface area contributed by atoms with Gasteiger partial charge in [-0.15, -0.1) is 0 Å². The molecule has 0 radical (unpaired) electrons. The van der Waals surface area contributed by atoms with Crippen LogP contribution in [0.4, 0.5) is 18.0 Å². The number of aliphatic hydroxyl groups is 1. The molecule has 11 heteroatoms. The minimum Gasteiger partial charge on any atom is -0.453 e. The Kier molecular flexibility index (Phi) is 7.69. The van der Waals surface area contributed by atoms with E-state index in [1.165, 1.54) is 20.8 Å². The fourth-order valence-electron chi connectivity index (χ4n) is 4.36. The maximum Gasteiger partial charge on any atom is 0.416 e. The molecule has 29 heavy (non-hydrogen) atoms. The first-order valence-corrected chi connectivity index (χ1v) is 9.46. The van der Waals surface area contributed by atoms with Gasteiger partial charge in [-0.3, -0.25) is 19.8 Å². The van der Waals surface area contributed by atoms with Gasteiger partial charge in [0.05, 0.1) is 7.11 Å². The maximum atomic E-state index is 13.8. The number of alkyl carbamates (subject to hydrolysis) is 1. The van der Waals surface area contributed by atoms with Crippen LogP contribution < -0.4 is 11.1 Å². The average Bonchev–Trinajstić information content (AvgIpc) is 2.92. The molecule has 0 aromatic rings. The van der Waals surface area contributed by atoms with E-state index in [1.54, 1.807) is 6.92 Å². The zero-order valence-electron chi connectivity index (χ0n) is 17.3. The first-order valence-electron chi connectivity index (χ1n) is 9.46. The summed E-state index contributed by atoms with van der Waals surface area (Å²) in [5.41, 5.74) is 0.893.